The zero-order chi connectivity index (χ0) is 18.3. The molecule has 24 heavy (non-hydrogen) atoms. The van der Waals surface area contributed by atoms with Crippen molar-refractivity contribution in [2.24, 2.45) is 0 Å². The fourth-order valence-corrected chi connectivity index (χ4v) is 2.45. The van der Waals surface area contributed by atoms with Crippen LogP contribution >= 0.6 is 7.82 Å². The van der Waals surface area contributed by atoms with Crippen molar-refractivity contribution in [3.63, 3.8) is 0 Å². The van der Waals surface area contributed by atoms with Crippen molar-refractivity contribution >= 4 is 14.0 Å². The fraction of sp³-hybridized carbons (Fsp3) is 0.706. The van der Waals surface area contributed by atoms with Gasteiger partial charge in [0.15, 0.2) is 0 Å². The van der Waals surface area contributed by atoms with Gasteiger partial charge in [0.2, 0.25) is 6.33 Å². The molecule has 1 rings (SSSR count). The van der Waals surface area contributed by atoms with Crippen molar-refractivity contribution in [2.75, 3.05) is 13.2 Å². The van der Waals surface area contributed by atoms with E-state index >= 15 is 0 Å². The summed E-state index contributed by atoms with van der Waals surface area (Å²) in [5.74, 6) is 0. The molecule has 0 aliphatic carbocycles. The molecule has 0 saturated heterocycles. The van der Waals surface area contributed by atoms with Crippen molar-refractivity contribution < 1.29 is 23.1 Å². The number of nitrogens with zero attached hydrogens (tertiary/aromatic N) is 2. The van der Waals surface area contributed by atoms with Gasteiger partial charge in [0.25, 0.3) is 7.82 Å². The summed E-state index contributed by atoms with van der Waals surface area (Å²) < 4.78 is 24.3. The van der Waals surface area contributed by atoms with Crippen LogP contribution < -0.4 is 9.46 Å². The molecule has 0 atom stereocenters. The molecule has 0 amide bonds. The number of phosphoric ester groups is 1. The van der Waals surface area contributed by atoms with Gasteiger partial charge in [0.1, 0.15) is 12.4 Å². The molecule has 0 aliphatic heterocycles. The van der Waals surface area contributed by atoms with Crippen molar-refractivity contribution in [3.8, 4) is 0 Å². The summed E-state index contributed by atoms with van der Waals surface area (Å²) in [6, 6.07) is 0. The van der Waals surface area contributed by atoms with Crippen LogP contribution in [0, 0.1) is 0 Å². The number of phosphoric acid groups is 1. The quantitative estimate of drug-likeness (QED) is 0.323. The van der Waals surface area contributed by atoms with Crippen LogP contribution in [-0.4, -0.2) is 17.8 Å². The van der Waals surface area contributed by atoms with Gasteiger partial charge in [-0.15, -0.1) is 0 Å². The molecule has 0 fully saturated rings. The van der Waals surface area contributed by atoms with Crippen LogP contribution in [0.5, 0.6) is 0 Å². The lowest BCUT2D eigenvalue weighted by molar-refractivity contribution is -0.696. The predicted molar refractivity (Wildman–Crippen MR) is 95.2 cm³/mol. The zero-order valence-corrected chi connectivity index (χ0v) is 16.2. The minimum atomic E-state index is -4.00. The molecule has 0 unspecified atom stereocenters. The number of aryl methyl sites for hydroxylation is 1. The van der Waals surface area contributed by atoms with Crippen LogP contribution in [0.3, 0.4) is 0 Å². The van der Waals surface area contributed by atoms with Crippen LogP contribution in [0.15, 0.2) is 25.3 Å². The third-order valence-electron chi connectivity index (χ3n) is 3.19. The Morgan fingerprint density at radius 2 is 1.67 bits per heavy atom. The molecule has 0 bridgehead atoms. The van der Waals surface area contributed by atoms with Crippen molar-refractivity contribution in [1.29, 1.82) is 0 Å². The van der Waals surface area contributed by atoms with Gasteiger partial charge in [-0.2, -0.15) is 0 Å². The number of unbranched alkanes of at least 4 members (excludes halogenated alkanes) is 3. The maximum atomic E-state index is 11.0. The van der Waals surface area contributed by atoms with Crippen molar-refractivity contribution in [2.45, 2.75) is 65.8 Å². The van der Waals surface area contributed by atoms with E-state index in [9.17, 15) is 9.46 Å². The molecule has 0 spiro atoms. The Morgan fingerprint density at radius 1 is 1.12 bits per heavy atom. The van der Waals surface area contributed by atoms with E-state index in [0.717, 1.165) is 32.2 Å². The SMILES string of the molecule is C=Cn1cc[n+](CCCC)c1.CCCCOP(=O)([O-])OCCCC. The molecule has 1 aromatic heterocycles. The monoisotopic (exact) mass is 360 g/mol. The van der Waals surface area contributed by atoms with Gasteiger partial charge < -0.3 is 13.9 Å². The third kappa shape index (κ3) is 12.5. The van der Waals surface area contributed by atoms with Crippen molar-refractivity contribution in [3.05, 3.63) is 25.3 Å². The van der Waals surface area contributed by atoms with E-state index in [1.807, 2.05) is 30.9 Å². The highest BCUT2D eigenvalue weighted by Gasteiger charge is 2.07. The number of imidazole rings is 1. The fourth-order valence-electron chi connectivity index (χ4n) is 1.67. The van der Waals surface area contributed by atoms with Crippen LogP contribution in [0.1, 0.15) is 59.3 Å². The number of hydrogen-bond acceptors (Lipinski definition) is 4. The van der Waals surface area contributed by atoms with Crippen LogP contribution in [0.2, 0.25) is 0 Å². The summed E-state index contributed by atoms with van der Waals surface area (Å²) in [6.07, 6.45) is 13.7. The van der Waals surface area contributed by atoms with Gasteiger partial charge in [0, 0.05) is 0 Å². The first-order chi connectivity index (χ1) is 11.5. The number of rotatable bonds is 12. The van der Waals surface area contributed by atoms with E-state index in [1.54, 1.807) is 6.20 Å². The Kier molecular flexibility index (Phi) is 13.8. The molecule has 7 heteroatoms. The number of hydrogen-bond donors (Lipinski definition) is 0. The van der Waals surface area contributed by atoms with E-state index in [2.05, 4.69) is 33.3 Å². The van der Waals surface area contributed by atoms with Gasteiger partial charge in [0.05, 0.1) is 26.0 Å². The molecule has 1 heterocycles. The maximum absolute atomic E-state index is 11.0. The Morgan fingerprint density at radius 3 is 2.08 bits per heavy atom. The van der Waals surface area contributed by atoms with Gasteiger partial charge in [-0.1, -0.05) is 46.6 Å². The average Bonchev–Trinajstić information content (AvgIpc) is 3.02. The smallest absolute Gasteiger partial charge is 0.267 e. The lowest BCUT2D eigenvalue weighted by Gasteiger charge is -2.22. The third-order valence-corrected chi connectivity index (χ3v) is 4.18. The second-order valence-electron chi connectivity index (χ2n) is 5.46. The number of aromatic nitrogens is 2. The molecular weight excluding hydrogens is 327 g/mol. The average molecular weight is 360 g/mol. The lowest BCUT2D eigenvalue weighted by Crippen LogP contribution is -2.30. The summed E-state index contributed by atoms with van der Waals surface area (Å²) >= 11 is 0. The molecule has 0 radical (unpaired) electrons. The van der Waals surface area contributed by atoms with E-state index in [1.165, 1.54) is 12.8 Å². The Labute approximate surface area is 146 Å². The summed E-state index contributed by atoms with van der Waals surface area (Å²) in [5.41, 5.74) is 0. The van der Waals surface area contributed by atoms with Crippen LogP contribution in [0.4, 0.5) is 0 Å². The summed E-state index contributed by atoms with van der Waals surface area (Å²) in [4.78, 5) is 11.0. The molecule has 1 aromatic rings. The van der Waals surface area contributed by atoms with Crippen LogP contribution in [0.25, 0.3) is 6.20 Å². The Balaban J connectivity index is 0.000000446. The summed E-state index contributed by atoms with van der Waals surface area (Å²) in [5, 5.41) is 0. The largest absolute Gasteiger partial charge is 0.756 e. The molecule has 0 N–H and O–H groups in total. The van der Waals surface area contributed by atoms with Gasteiger partial charge in [-0.3, -0.25) is 4.57 Å². The molecule has 0 aromatic carbocycles. The second kappa shape index (κ2) is 14.4. The molecule has 0 saturated carbocycles. The van der Waals surface area contributed by atoms with E-state index in [-0.39, 0.29) is 13.2 Å². The highest BCUT2D eigenvalue weighted by Crippen LogP contribution is 2.38. The first-order valence-corrected chi connectivity index (χ1v) is 10.2. The topological polar surface area (TPSA) is 67.4 Å². The van der Waals surface area contributed by atoms with Crippen LogP contribution in [-0.2, 0) is 20.2 Å². The molecule has 140 valence electrons. The second-order valence-corrected chi connectivity index (χ2v) is 6.87. The van der Waals surface area contributed by atoms with Gasteiger partial charge in [-0.25, -0.2) is 9.13 Å². The first kappa shape index (κ1) is 23.1. The Hall–Kier alpha value is -0.940. The van der Waals surface area contributed by atoms with E-state index < -0.39 is 7.82 Å². The standard InChI is InChI=1S/C9H15N2.C8H19O4P/c1-3-5-6-11-8-7-10(4-2)9-11;1-3-5-7-11-13(9,10)12-8-6-4-2/h4,7-9H,2-3,5-6H2,1H3;3-8H2,1-2H3,(H,9,10)/q+1;/p-1. The van der Waals surface area contributed by atoms with E-state index in [4.69, 9.17) is 0 Å². The Bertz CT molecular complexity index is 463. The molecular formula is C17H33N2O4P. The van der Waals surface area contributed by atoms with Gasteiger partial charge >= 0.3 is 0 Å². The minimum absolute atomic E-state index is 0.226. The summed E-state index contributed by atoms with van der Waals surface area (Å²) in [7, 11) is -4.00. The maximum Gasteiger partial charge on any atom is 0.267 e. The van der Waals surface area contributed by atoms with Crippen molar-refractivity contribution in [1.82, 2.24) is 4.57 Å². The zero-order valence-electron chi connectivity index (χ0n) is 15.4. The minimum Gasteiger partial charge on any atom is -0.756 e. The normalized spacial score (nSPS) is 11.0. The summed E-state index contributed by atoms with van der Waals surface area (Å²) in [6.45, 7) is 11.4. The lowest BCUT2D eigenvalue weighted by atomic mass is 10.3. The predicted octanol–water partition coefficient (Wildman–Crippen LogP) is 3.76. The molecule has 6 nitrogen and oxygen atoms in total. The first-order valence-electron chi connectivity index (χ1n) is 8.78. The highest BCUT2D eigenvalue weighted by molar-refractivity contribution is 7.45. The van der Waals surface area contributed by atoms with E-state index in [0.29, 0.717) is 0 Å². The highest BCUT2D eigenvalue weighted by atomic mass is 31.2. The van der Waals surface area contributed by atoms with Gasteiger partial charge in [-0.05, 0) is 19.3 Å². The molecule has 0 aliphatic rings.